The second-order valence-corrected chi connectivity index (χ2v) is 4.03. The van der Waals surface area contributed by atoms with Crippen LogP contribution in [0.1, 0.15) is 5.56 Å². The highest BCUT2D eigenvalue weighted by molar-refractivity contribution is 9.10. The van der Waals surface area contributed by atoms with Gasteiger partial charge in [-0.2, -0.15) is 5.26 Å². The van der Waals surface area contributed by atoms with E-state index in [9.17, 15) is 4.79 Å². The maximum absolute atomic E-state index is 11.1. The van der Waals surface area contributed by atoms with E-state index < -0.39 is 11.7 Å². The lowest BCUT2D eigenvalue weighted by Gasteiger charge is -1.95. The largest absolute Gasteiger partial charge is 0.475 e. The van der Waals surface area contributed by atoms with Gasteiger partial charge in [-0.25, -0.2) is 4.79 Å². The minimum absolute atomic E-state index is 0.00437. The van der Waals surface area contributed by atoms with E-state index in [1.165, 1.54) is 6.07 Å². The lowest BCUT2D eigenvalue weighted by atomic mass is 10.2. The van der Waals surface area contributed by atoms with Crippen molar-refractivity contribution in [2.24, 2.45) is 0 Å². The molecule has 1 aromatic rings. The summed E-state index contributed by atoms with van der Waals surface area (Å²) in [5, 5.41) is 8.39. The molecular weight excluding hydrogens is 298 g/mol. The first-order valence-electron chi connectivity index (χ1n) is 4.88. The standard InChI is InChI=1S/C12H8BrN3O2/c13-10-5-3-9(4-6-10)2-1-7-18-12(17)11(8-14)16-15/h1-6H,7H2/b2-1+. The Morgan fingerprint density at radius 2 is 2.17 bits per heavy atom. The van der Waals surface area contributed by atoms with E-state index in [0.29, 0.717) is 0 Å². The molecule has 0 saturated carbocycles. The summed E-state index contributed by atoms with van der Waals surface area (Å²) >= 11 is 3.32. The first-order valence-corrected chi connectivity index (χ1v) is 5.68. The van der Waals surface area contributed by atoms with Gasteiger partial charge in [0.25, 0.3) is 0 Å². The third kappa shape index (κ3) is 4.34. The van der Waals surface area contributed by atoms with Crippen LogP contribution in [-0.4, -0.2) is 23.1 Å². The van der Waals surface area contributed by atoms with Crippen LogP contribution in [0.15, 0.2) is 34.8 Å². The Kier molecular flexibility index (Phi) is 5.52. The van der Waals surface area contributed by atoms with Crippen molar-refractivity contribution in [2.75, 3.05) is 6.61 Å². The van der Waals surface area contributed by atoms with Crippen molar-refractivity contribution in [1.29, 1.82) is 5.26 Å². The van der Waals surface area contributed by atoms with Crippen molar-refractivity contribution in [2.45, 2.75) is 0 Å². The van der Waals surface area contributed by atoms with E-state index in [2.05, 4.69) is 25.5 Å². The molecule has 0 aliphatic rings. The van der Waals surface area contributed by atoms with Gasteiger partial charge in [0.1, 0.15) is 6.61 Å². The first kappa shape index (κ1) is 13.8. The number of esters is 1. The molecular formula is C12H8BrN3O2. The number of halogens is 1. The van der Waals surface area contributed by atoms with Crippen molar-refractivity contribution in [3.63, 3.8) is 0 Å². The Morgan fingerprint density at radius 3 is 2.72 bits per heavy atom. The summed E-state index contributed by atoms with van der Waals surface area (Å²) in [6, 6.07) is 8.96. The second kappa shape index (κ2) is 7.17. The van der Waals surface area contributed by atoms with Gasteiger partial charge in [-0.1, -0.05) is 34.1 Å². The van der Waals surface area contributed by atoms with Gasteiger partial charge in [0, 0.05) is 4.47 Å². The Morgan fingerprint density at radius 1 is 1.50 bits per heavy atom. The molecule has 0 atom stereocenters. The van der Waals surface area contributed by atoms with Crippen LogP contribution in [0.2, 0.25) is 0 Å². The molecule has 0 bridgehead atoms. The van der Waals surface area contributed by atoms with Gasteiger partial charge < -0.3 is 10.3 Å². The summed E-state index contributed by atoms with van der Waals surface area (Å²) in [6.45, 7) is -0.00437. The predicted molar refractivity (Wildman–Crippen MR) is 68.4 cm³/mol. The van der Waals surface area contributed by atoms with E-state index in [4.69, 9.17) is 10.8 Å². The molecule has 18 heavy (non-hydrogen) atoms. The topological polar surface area (TPSA) is 86.5 Å². The Balaban J connectivity index is 2.48. The predicted octanol–water partition coefficient (Wildman–Crippen LogP) is 2.20. The molecule has 1 aromatic carbocycles. The number of hydrogen-bond acceptors (Lipinski definition) is 3. The average Bonchev–Trinajstić information content (AvgIpc) is 2.38. The fourth-order valence-corrected chi connectivity index (χ4v) is 1.32. The molecule has 0 radical (unpaired) electrons. The molecule has 0 aliphatic carbocycles. The number of nitriles is 1. The number of benzene rings is 1. The van der Waals surface area contributed by atoms with Gasteiger partial charge in [-0.15, -0.1) is 4.79 Å². The third-order valence-corrected chi connectivity index (χ3v) is 2.42. The van der Waals surface area contributed by atoms with Crippen molar-refractivity contribution in [3.05, 3.63) is 45.9 Å². The fourth-order valence-electron chi connectivity index (χ4n) is 1.06. The number of hydrogen-bond donors (Lipinski definition) is 0. The van der Waals surface area contributed by atoms with Crippen molar-refractivity contribution in [3.8, 4) is 6.07 Å². The summed E-state index contributed by atoms with van der Waals surface area (Å²) in [5.74, 6) is -0.958. The summed E-state index contributed by atoms with van der Waals surface area (Å²) in [6.07, 6.45) is 3.38. The van der Waals surface area contributed by atoms with Gasteiger partial charge in [-0.05, 0) is 23.8 Å². The molecule has 90 valence electrons. The van der Waals surface area contributed by atoms with E-state index in [1.54, 1.807) is 12.2 Å². The Hall–Kier alpha value is -2.22. The summed E-state index contributed by atoms with van der Waals surface area (Å²) in [5.41, 5.74) is 8.57. The highest BCUT2D eigenvalue weighted by Crippen LogP contribution is 2.11. The van der Waals surface area contributed by atoms with E-state index in [1.807, 2.05) is 24.3 Å². The van der Waals surface area contributed by atoms with Crippen LogP contribution < -0.4 is 0 Å². The van der Waals surface area contributed by atoms with Gasteiger partial charge in [0.05, 0.1) is 0 Å². The lowest BCUT2D eigenvalue weighted by Crippen LogP contribution is -2.16. The van der Waals surface area contributed by atoms with Crippen molar-refractivity contribution < 1.29 is 14.3 Å². The SMILES string of the molecule is N#CC(=[N+]=[N-])C(=O)OC/C=C/c1ccc(Br)cc1. The van der Waals surface area contributed by atoms with Gasteiger partial charge in [-0.3, -0.25) is 0 Å². The molecule has 1 rings (SSSR count). The normalized spacial score (nSPS) is 9.56. The first-order chi connectivity index (χ1) is 8.67. The zero-order valence-corrected chi connectivity index (χ0v) is 10.8. The number of carbonyl (C=O) groups excluding carboxylic acids is 1. The third-order valence-electron chi connectivity index (χ3n) is 1.89. The van der Waals surface area contributed by atoms with Crippen LogP contribution in [-0.2, 0) is 9.53 Å². The monoisotopic (exact) mass is 305 g/mol. The number of carbonyl (C=O) groups is 1. The van der Waals surface area contributed by atoms with Crippen LogP contribution >= 0.6 is 15.9 Å². The fraction of sp³-hybridized carbons (Fsp3) is 0.0833. The summed E-state index contributed by atoms with van der Waals surface area (Å²) in [4.78, 5) is 13.6. The van der Waals surface area contributed by atoms with Crippen LogP contribution in [0.4, 0.5) is 0 Å². The summed E-state index contributed by atoms with van der Waals surface area (Å²) in [7, 11) is 0. The van der Waals surface area contributed by atoms with Crippen LogP contribution in [0.5, 0.6) is 0 Å². The van der Waals surface area contributed by atoms with Gasteiger partial charge >= 0.3 is 11.7 Å². The number of ether oxygens (including phenoxy) is 1. The Bertz CT molecular complexity index is 552. The van der Waals surface area contributed by atoms with E-state index in [0.717, 1.165) is 10.0 Å². The number of rotatable bonds is 4. The van der Waals surface area contributed by atoms with E-state index >= 15 is 0 Å². The molecule has 0 N–H and O–H groups in total. The summed E-state index contributed by atoms with van der Waals surface area (Å²) < 4.78 is 5.66. The molecule has 0 aromatic heterocycles. The lowest BCUT2D eigenvalue weighted by molar-refractivity contribution is -0.138. The smallest absolute Gasteiger partial charge is 0.452 e. The molecule has 0 heterocycles. The molecule has 0 fully saturated rings. The maximum atomic E-state index is 11.1. The average molecular weight is 306 g/mol. The Labute approximate surface area is 112 Å². The molecule has 0 spiro atoms. The second-order valence-electron chi connectivity index (χ2n) is 3.11. The molecule has 0 aliphatic heterocycles. The zero-order valence-electron chi connectivity index (χ0n) is 9.21. The molecule has 6 heteroatoms. The molecule has 0 saturated heterocycles. The minimum atomic E-state index is -0.958. The molecule has 0 unspecified atom stereocenters. The highest BCUT2D eigenvalue weighted by atomic mass is 79.9. The maximum Gasteiger partial charge on any atom is 0.475 e. The minimum Gasteiger partial charge on any atom is -0.452 e. The zero-order chi connectivity index (χ0) is 13.4. The van der Waals surface area contributed by atoms with Gasteiger partial charge in [0.2, 0.25) is 0 Å². The molecule has 0 amide bonds. The number of nitrogens with zero attached hydrogens (tertiary/aromatic N) is 3. The van der Waals surface area contributed by atoms with E-state index in [-0.39, 0.29) is 6.61 Å². The highest BCUT2D eigenvalue weighted by Gasteiger charge is 2.20. The van der Waals surface area contributed by atoms with Crippen molar-refractivity contribution >= 4 is 33.7 Å². The van der Waals surface area contributed by atoms with Crippen LogP contribution in [0.25, 0.3) is 11.6 Å². The van der Waals surface area contributed by atoms with Crippen LogP contribution in [0.3, 0.4) is 0 Å². The quantitative estimate of drug-likeness (QED) is 0.370. The van der Waals surface area contributed by atoms with Crippen molar-refractivity contribution in [1.82, 2.24) is 0 Å². The van der Waals surface area contributed by atoms with Gasteiger partial charge in [0.15, 0.2) is 6.07 Å². The van der Waals surface area contributed by atoms with Crippen LogP contribution in [0, 0.1) is 11.3 Å². The molecule has 5 nitrogen and oxygen atoms in total.